The summed E-state index contributed by atoms with van der Waals surface area (Å²) in [5.41, 5.74) is 0. The first-order chi connectivity index (χ1) is 10.5. The molecule has 0 unspecified atom stereocenters. The molecule has 8 heteroatoms. The molecule has 0 heterocycles. The maximum Gasteiger partial charge on any atom is 0.327 e. The topological polar surface area (TPSA) is 149 Å². The molecule has 0 saturated carbocycles. The fourth-order valence-corrected chi connectivity index (χ4v) is 0. The van der Waals surface area contributed by atoms with Crippen LogP contribution < -0.4 is 0 Å². The molecule has 0 aromatic carbocycles. The number of aliphatic carboxylic acids is 4. The highest BCUT2D eigenvalue weighted by Crippen LogP contribution is 1.56. The Balaban J connectivity index is -0.0000000593. The summed E-state index contributed by atoms with van der Waals surface area (Å²) in [5.74, 6) is -3.93. The maximum absolute atomic E-state index is 9.25. The van der Waals surface area contributed by atoms with Gasteiger partial charge in [0.25, 0.3) is 0 Å². The summed E-state index contributed by atoms with van der Waals surface area (Å²) in [4.78, 5) is 37.0. The van der Waals surface area contributed by atoms with Gasteiger partial charge in [-0.05, 0) is 0 Å². The fraction of sp³-hybridized carbons (Fsp3) is 0.200. The van der Waals surface area contributed by atoms with Crippen molar-refractivity contribution in [3.05, 3.63) is 50.6 Å². The van der Waals surface area contributed by atoms with Crippen LogP contribution in [-0.4, -0.2) is 44.3 Å². The molecule has 4 N–H and O–H groups in total. The minimum atomic E-state index is -0.981. The first kappa shape index (κ1) is 32.0. The molecule has 0 fully saturated rings. The zero-order valence-corrected chi connectivity index (χ0v) is 13.3. The zero-order chi connectivity index (χ0) is 19.8. The summed E-state index contributed by atoms with van der Waals surface area (Å²) in [6.45, 7) is 16.1. The number of carboxylic acids is 4. The van der Waals surface area contributed by atoms with E-state index in [9.17, 15) is 19.2 Å². The molecule has 0 amide bonds. The summed E-state index contributed by atoms with van der Waals surface area (Å²) in [6, 6.07) is 0. The molecule has 132 valence electrons. The molecule has 0 saturated heterocycles. The van der Waals surface area contributed by atoms with Gasteiger partial charge in [0.05, 0.1) is 0 Å². The second-order valence-corrected chi connectivity index (χ2v) is 2.88. The van der Waals surface area contributed by atoms with Crippen LogP contribution in [0.25, 0.3) is 0 Å². The second-order valence-electron chi connectivity index (χ2n) is 2.88. The van der Waals surface area contributed by atoms with E-state index >= 15 is 0 Å². The third kappa shape index (κ3) is 228. The first-order valence-corrected chi connectivity index (χ1v) is 5.91. The van der Waals surface area contributed by atoms with E-state index in [1.807, 2.05) is 0 Å². The van der Waals surface area contributed by atoms with Gasteiger partial charge in [-0.1, -0.05) is 46.6 Å². The highest BCUT2D eigenvalue weighted by Gasteiger charge is 1.74. The molecule has 0 aliphatic heterocycles. The molecule has 0 aliphatic carbocycles. The lowest BCUT2D eigenvalue weighted by Crippen LogP contribution is -1.82. The lowest BCUT2D eigenvalue weighted by molar-refractivity contribution is -0.132. The largest absolute Gasteiger partial charge is 0.478 e. The number of carboxylic acid groups (broad SMARTS) is 4. The highest BCUT2D eigenvalue weighted by molar-refractivity contribution is 5.79. The second kappa shape index (κ2) is 31.3. The van der Waals surface area contributed by atoms with Crippen LogP contribution in [0.5, 0.6) is 0 Å². The van der Waals surface area contributed by atoms with Crippen molar-refractivity contribution in [2.75, 3.05) is 0 Å². The number of rotatable bonds is 4. The summed E-state index contributed by atoms with van der Waals surface area (Å²) in [5, 5.41) is 30.4. The summed E-state index contributed by atoms with van der Waals surface area (Å²) >= 11 is 0. The average Bonchev–Trinajstić information content (AvgIpc) is 2.49. The van der Waals surface area contributed by atoms with Crippen molar-refractivity contribution in [1.29, 1.82) is 0 Å². The van der Waals surface area contributed by atoms with E-state index in [0.717, 1.165) is 24.3 Å². The fourth-order valence-electron chi connectivity index (χ4n) is 0. The monoisotopic (exact) mass is 332 g/mol. The Kier molecular flexibility index (Phi) is 43.5. The molecular formula is C15H24O8. The molecule has 23 heavy (non-hydrogen) atoms. The molecule has 0 rings (SSSR count). The third-order valence-electron chi connectivity index (χ3n) is 0.698. The van der Waals surface area contributed by atoms with E-state index in [1.165, 1.54) is 6.42 Å². The summed E-state index contributed by atoms with van der Waals surface area (Å²) in [6.07, 6.45) is 4.58. The Bertz CT molecular complexity index is 311. The van der Waals surface area contributed by atoms with Crippen LogP contribution in [0.15, 0.2) is 50.6 Å². The van der Waals surface area contributed by atoms with E-state index in [4.69, 9.17) is 20.4 Å². The first-order valence-electron chi connectivity index (χ1n) is 5.91. The number of hydrogen-bond donors (Lipinski definition) is 4. The predicted molar refractivity (Wildman–Crippen MR) is 87.3 cm³/mol. The van der Waals surface area contributed by atoms with Crippen molar-refractivity contribution in [2.24, 2.45) is 0 Å². The Morgan fingerprint density at radius 1 is 0.609 bits per heavy atom. The van der Waals surface area contributed by atoms with Crippen molar-refractivity contribution in [1.82, 2.24) is 0 Å². The van der Waals surface area contributed by atoms with Crippen LogP contribution in [0.1, 0.15) is 20.3 Å². The molecule has 0 radical (unpaired) electrons. The molecule has 8 nitrogen and oxygen atoms in total. The molecule has 0 aromatic heterocycles. The van der Waals surface area contributed by atoms with Crippen LogP contribution in [-0.2, 0) is 19.2 Å². The maximum atomic E-state index is 9.25. The Labute approximate surface area is 135 Å². The van der Waals surface area contributed by atoms with Crippen LogP contribution in [0.4, 0.5) is 0 Å². The van der Waals surface area contributed by atoms with Gasteiger partial charge in [0.15, 0.2) is 0 Å². The molecule has 0 atom stereocenters. The van der Waals surface area contributed by atoms with Crippen LogP contribution >= 0.6 is 0 Å². The summed E-state index contributed by atoms with van der Waals surface area (Å²) < 4.78 is 0. The third-order valence-corrected chi connectivity index (χ3v) is 0.698. The smallest absolute Gasteiger partial charge is 0.327 e. The van der Waals surface area contributed by atoms with E-state index in [1.54, 1.807) is 0 Å². The van der Waals surface area contributed by atoms with E-state index in [2.05, 4.69) is 40.2 Å². The minimum absolute atomic E-state index is 0.833. The van der Waals surface area contributed by atoms with Crippen molar-refractivity contribution >= 4 is 23.9 Å². The van der Waals surface area contributed by atoms with Gasteiger partial charge in [0.1, 0.15) is 0 Å². The van der Waals surface area contributed by atoms with Gasteiger partial charge in [-0.25, -0.2) is 19.2 Å². The van der Waals surface area contributed by atoms with Crippen LogP contribution in [0.3, 0.4) is 0 Å². The van der Waals surface area contributed by atoms with Gasteiger partial charge in [-0.2, -0.15) is 0 Å². The predicted octanol–water partition coefficient (Wildman–Crippen LogP) is 2.44. The molecular weight excluding hydrogens is 308 g/mol. The highest BCUT2D eigenvalue weighted by atomic mass is 16.4. The van der Waals surface area contributed by atoms with Gasteiger partial charge in [-0.15, -0.1) is 0 Å². The lowest BCUT2D eigenvalue weighted by Gasteiger charge is -1.64. The van der Waals surface area contributed by atoms with Gasteiger partial charge >= 0.3 is 23.9 Å². The minimum Gasteiger partial charge on any atom is -0.478 e. The molecule has 0 aromatic rings. The van der Waals surface area contributed by atoms with Crippen LogP contribution in [0, 0.1) is 0 Å². The molecule has 0 spiro atoms. The van der Waals surface area contributed by atoms with Crippen molar-refractivity contribution in [2.45, 2.75) is 20.3 Å². The lowest BCUT2D eigenvalue weighted by atomic mass is 10.6. The Hall–Kier alpha value is -3.16. The Morgan fingerprint density at radius 3 is 0.652 bits per heavy atom. The van der Waals surface area contributed by atoms with E-state index in [0.29, 0.717) is 0 Å². The van der Waals surface area contributed by atoms with Crippen molar-refractivity contribution in [3.63, 3.8) is 0 Å². The molecule has 0 bridgehead atoms. The Morgan fingerprint density at radius 2 is 0.652 bits per heavy atom. The normalized spacial score (nSPS) is 6.35. The van der Waals surface area contributed by atoms with Gasteiger partial charge in [0, 0.05) is 24.3 Å². The van der Waals surface area contributed by atoms with E-state index in [-0.39, 0.29) is 0 Å². The standard InChI is InChI=1S/4C3H4O2.C3H8/c4*1-2-3(4)5;1-3-2/h4*2H,1H2,(H,4,5);3H2,1-2H3. The van der Waals surface area contributed by atoms with Gasteiger partial charge in [0.2, 0.25) is 0 Å². The number of hydrogen-bond acceptors (Lipinski definition) is 4. The van der Waals surface area contributed by atoms with E-state index < -0.39 is 23.9 Å². The zero-order valence-electron chi connectivity index (χ0n) is 13.3. The average molecular weight is 332 g/mol. The van der Waals surface area contributed by atoms with Gasteiger partial charge < -0.3 is 20.4 Å². The SMILES string of the molecule is C=CC(=O)O.C=CC(=O)O.C=CC(=O)O.C=CC(=O)O.CCC. The van der Waals surface area contributed by atoms with Crippen LogP contribution in [0.2, 0.25) is 0 Å². The van der Waals surface area contributed by atoms with Crippen molar-refractivity contribution in [3.8, 4) is 0 Å². The quantitative estimate of drug-likeness (QED) is 0.573. The summed E-state index contributed by atoms with van der Waals surface area (Å²) in [7, 11) is 0. The van der Waals surface area contributed by atoms with Gasteiger partial charge in [-0.3, -0.25) is 0 Å². The molecule has 0 aliphatic rings. The number of carbonyl (C=O) groups is 4. The van der Waals surface area contributed by atoms with Crippen molar-refractivity contribution < 1.29 is 39.6 Å².